The van der Waals surface area contributed by atoms with E-state index in [1.54, 1.807) is 12.1 Å². The standard InChI is InChI=1S/C18H18ClF4NO2S.C2H6/c1-12(11-20)24(27(26)16-6-4-3-5-15(16)19)14-9-7-13(8-10-14)17(2,25)18(21,22)23;1-2/h3-10,12,25H,11H2,1-2H3;1-2H3. The molecule has 2 rings (SSSR count). The fraction of sp³-hybridized carbons (Fsp3) is 0.400. The molecule has 1 N–H and O–H groups in total. The van der Waals surface area contributed by atoms with Crippen LogP contribution in [0.15, 0.2) is 53.4 Å². The Morgan fingerprint density at radius 3 is 2.07 bits per heavy atom. The fourth-order valence-electron chi connectivity index (χ4n) is 2.37. The van der Waals surface area contributed by atoms with Gasteiger partial charge in [-0.15, -0.1) is 0 Å². The first-order chi connectivity index (χ1) is 13.5. The second-order valence-corrected chi connectivity index (χ2v) is 7.86. The molecule has 0 heterocycles. The third kappa shape index (κ3) is 5.71. The monoisotopic (exact) mass is 453 g/mol. The van der Waals surface area contributed by atoms with Gasteiger partial charge in [0, 0.05) is 0 Å². The zero-order valence-corrected chi connectivity index (χ0v) is 18.1. The largest absolute Gasteiger partial charge is 0.421 e. The van der Waals surface area contributed by atoms with Gasteiger partial charge in [0.05, 0.1) is 21.6 Å². The SMILES string of the molecule is CC.CC(CF)N(c1ccc(C(C)(O)C(F)(F)F)cc1)S(=O)c1ccccc1Cl. The van der Waals surface area contributed by atoms with Gasteiger partial charge in [0.1, 0.15) is 6.67 Å². The number of aliphatic hydroxyl groups is 1. The molecule has 0 amide bonds. The van der Waals surface area contributed by atoms with Crippen molar-refractivity contribution in [2.24, 2.45) is 0 Å². The Bertz CT molecular complexity index is 813. The third-order valence-electron chi connectivity index (χ3n) is 4.06. The Morgan fingerprint density at radius 2 is 1.62 bits per heavy atom. The molecule has 162 valence electrons. The molecule has 2 aromatic carbocycles. The van der Waals surface area contributed by atoms with Gasteiger partial charge in [0.15, 0.2) is 16.6 Å². The van der Waals surface area contributed by atoms with Gasteiger partial charge >= 0.3 is 6.18 Å². The van der Waals surface area contributed by atoms with Crippen molar-refractivity contribution in [1.29, 1.82) is 0 Å². The molecule has 0 aliphatic heterocycles. The number of nitrogens with zero attached hydrogens (tertiary/aromatic N) is 1. The number of hydrogen-bond acceptors (Lipinski definition) is 2. The van der Waals surface area contributed by atoms with Crippen molar-refractivity contribution in [2.75, 3.05) is 11.0 Å². The van der Waals surface area contributed by atoms with E-state index in [1.165, 1.54) is 35.5 Å². The number of rotatable bonds is 6. The highest BCUT2D eigenvalue weighted by atomic mass is 35.5. The van der Waals surface area contributed by atoms with Crippen molar-refractivity contribution >= 4 is 28.3 Å². The molecule has 0 aliphatic rings. The number of halogens is 5. The molecule has 2 aromatic rings. The van der Waals surface area contributed by atoms with Crippen LogP contribution in [-0.2, 0) is 16.6 Å². The fourth-order valence-corrected chi connectivity index (χ4v) is 4.04. The normalized spacial score (nSPS) is 15.5. The van der Waals surface area contributed by atoms with Gasteiger partial charge in [-0.1, -0.05) is 49.7 Å². The highest BCUT2D eigenvalue weighted by molar-refractivity contribution is 7.86. The van der Waals surface area contributed by atoms with E-state index in [0.717, 1.165) is 12.1 Å². The number of hydrogen-bond donors (Lipinski definition) is 1. The Labute approximate surface area is 175 Å². The molecule has 0 saturated heterocycles. The molecule has 3 nitrogen and oxygen atoms in total. The topological polar surface area (TPSA) is 40.5 Å². The molecule has 0 fully saturated rings. The van der Waals surface area contributed by atoms with Crippen molar-refractivity contribution in [3.63, 3.8) is 0 Å². The van der Waals surface area contributed by atoms with Gasteiger partial charge in [-0.3, -0.25) is 4.31 Å². The first-order valence-electron chi connectivity index (χ1n) is 8.92. The number of benzene rings is 2. The summed E-state index contributed by atoms with van der Waals surface area (Å²) in [5.41, 5.74) is -3.18. The second-order valence-electron chi connectivity index (χ2n) is 6.13. The Morgan fingerprint density at radius 1 is 1.10 bits per heavy atom. The maximum absolute atomic E-state index is 13.3. The van der Waals surface area contributed by atoms with Gasteiger partial charge in [0.25, 0.3) is 0 Å². The molecular weight excluding hydrogens is 430 g/mol. The lowest BCUT2D eigenvalue weighted by Crippen LogP contribution is -2.39. The average Bonchev–Trinajstić information content (AvgIpc) is 2.69. The molecule has 3 atom stereocenters. The van der Waals surface area contributed by atoms with Gasteiger partial charge < -0.3 is 5.11 Å². The van der Waals surface area contributed by atoms with E-state index in [0.29, 0.717) is 6.92 Å². The van der Waals surface area contributed by atoms with Crippen molar-refractivity contribution in [3.05, 3.63) is 59.1 Å². The van der Waals surface area contributed by atoms with Crippen LogP contribution in [0.2, 0.25) is 5.02 Å². The predicted octanol–water partition coefficient (Wildman–Crippen LogP) is 6.02. The molecule has 9 heteroatoms. The molecule has 0 spiro atoms. The maximum atomic E-state index is 13.3. The lowest BCUT2D eigenvalue weighted by atomic mass is 9.95. The van der Waals surface area contributed by atoms with Gasteiger partial charge in [-0.2, -0.15) is 13.2 Å². The summed E-state index contributed by atoms with van der Waals surface area (Å²) in [5.74, 6) is 0. The van der Waals surface area contributed by atoms with Crippen molar-refractivity contribution in [2.45, 2.75) is 50.4 Å². The molecule has 0 saturated carbocycles. The van der Waals surface area contributed by atoms with Gasteiger partial charge in [0.2, 0.25) is 0 Å². The van der Waals surface area contributed by atoms with Crippen LogP contribution < -0.4 is 4.31 Å². The van der Waals surface area contributed by atoms with Crippen LogP contribution >= 0.6 is 11.6 Å². The van der Waals surface area contributed by atoms with Crippen LogP contribution in [0.3, 0.4) is 0 Å². The van der Waals surface area contributed by atoms with Crippen LogP contribution in [0.1, 0.15) is 33.3 Å². The smallest absolute Gasteiger partial charge is 0.376 e. The minimum atomic E-state index is -4.86. The van der Waals surface area contributed by atoms with Crippen LogP contribution in [0.5, 0.6) is 0 Å². The predicted molar refractivity (Wildman–Crippen MR) is 109 cm³/mol. The highest BCUT2D eigenvalue weighted by Crippen LogP contribution is 2.39. The number of alkyl halides is 4. The molecular formula is C20H24ClF4NO2S. The minimum absolute atomic E-state index is 0.225. The zero-order valence-electron chi connectivity index (χ0n) is 16.5. The molecule has 29 heavy (non-hydrogen) atoms. The van der Waals surface area contributed by atoms with Gasteiger partial charge in [-0.05, 0) is 43.7 Å². The van der Waals surface area contributed by atoms with E-state index in [-0.39, 0.29) is 21.2 Å². The van der Waals surface area contributed by atoms with E-state index >= 15 is 0 Å². The lowest BCUT2D eigenvalue weighted by Gasteiger charge is -2.30. The maximum Gasteiger partial charge on any atom is 0.421 e. The average molecular weight is 454 g/mol. The summed E-state index contributed by atoms with van der Waals surface area (Å²) in [6, 6.07) is 10.2. The van der Waals surface area contributed by atoms with E-state index in [1.807, 2.05) is 13.8 Å². The summed E-state index contributed by atoms with van der Waals surface area (Å²) in [7, 11) is -1.88. The minimum Gasteiger partial charge on any atom is -0.376 e. The summed E-state index contributed by atoms with van der Waals surface area (Å²) < 4.78 is 66.5. The molecule has 0 radical (unpaired) electrons. The van der Waals surface area contributed by atoms with Crippen LogP contribution in [0.25, 0.3) is 0 Å². The van der Waals surface area contributed by atoms with E-state index in [2.05, 4.69) is 0 Å². The Balaban J connectivity index is 0.00000204. The number of anilines is 1. The van der Waals surface area contributed by atoms with Crippen molar-refractivity contribution < 1.29 is 26.9 Å². The molecule has 0 bridgehead atoms. The van der Waals surface area contributed by atoms with Gasteiger partial charge in [-0.25, -0.2) is 8.60 Å². The molecule has 0 aromatic heterocycles. The quantitative estimate of drug-likeness (QED) is 0.543. The summed E-state index contributed by atoms with van der Waals surface area (Å²) in [4.78, 5) is 0.255. The Hall–Kier alpha value is -1.64. The van der Waals surface area contributed by atoms with E-state index < -0.39 is 35.5 Å². The summed E-state index contributed by atoms with van der Waals surface area (Å²) in [5, 5.41) is 9.98. The van der Waals surface area contributed by atoms with Crippen LogP contribution in [-0.4, -0.2) is 28.2 Å². The van der Waals surface area contributed by atoms with Crippen molar-refractivity contribution in [3.8, 4) is 0 Å². The third-order valence-corrected chi connectivity index (χ3v) is 6.16. The lowest BCUT2D eigenvalue weighted by molar-refractivity contribution is -0.258. The summed E-state index contributed by atoms with van der Waals surface area (Å²) in [6.45, 7) is 5.30. The molecule has 3 unspecified atom stereocenters. The Kier molecular flexibility index (Phi) is 9.11. The molecule has 0 aliphatic carbocycles. The summed E-state index contributed by atoms with van der Waals surface area (Å²) >= 11 is 6.06. The highest BCUT2D eigenvalue weighted by Gasteiger charge is 2.51. The zero-order chi connectivity index (χ0) is 22.4. The first kappa shape index (κ1) is 25.4. The van der Waals surface area contributed by atoms with Crippen LogP contribution in [0, 0.1) is 0 Å². The summed E-state index contributed by atoms with van der Waals surface area (Å²) in [6.07, 6.45) is -4.86. The second kappa shape index (κ2) is 10.4. The first-order valence-corrected chi connectivity index (χ1v) is 10.4. The van der Waals surface area contributed by atoms with Crippen LogP contribution in [0.4, 0.5) is 23.2 Å². The van der Waals surface area contributed by atoms with Crippen molar-refractivity contribution in [1.82, 2.24) is 0 Å². The van der Waals surface area contributed by atoms with E-state index in [9.17, 15) is 26.9 Å². The van der Waals surface area contributed by atoms with E-state index in [4.69, 9.17) is 11.6 Å².